The molecular formula is C23H42N2O6. The Morgan fingerprint density at radius 1 is 0.935 bits per heavy atom. The first-order valence-electron chi connectivity index (χ1n) is 10.8. The van der Waals surface area contributed by atoms with Crippen LogP contribution in [0.2, 0.25) is 0 Å². The third-order valence-electron chi connectivity index (χ3n) is 4.31. The first-order chi connectivity index (χ1) is 14.0. The first kappa shape index (κ1) is 28.9. The van der Waals surface area contributed by atoms with E-state index in [-0.39, 0.29) is 12.5 Å². The van der Waals surface area contributed by atoms with E-state index >= 15 is 0 Å². The Labute approximate surface area is 187 Å². The van der Waals surface area contributed by atoms with Crippen molar-refractivity contribution in [2.24, 2.45) is 11.8 Å². The van der Waals surface area contributed by atoms with Crippen molar-refractivity contribution in [3.8, 4) is 0 Å². The minimum Gasteiger partial charge on any atom is -0.458 e. The fraction of sp³-hybridized carbons (Fsp3) is 0.783. The van der Waals surface area contributed by atoms with Gasteiger partial charge in [0, 0.05) is 5.92 Å². The van der Waals surface area contributed by atoms with E-state index in [1.807, 2.05) is 13.8 Å². The van der Waals surface area contributed by atoms with Crippen LogP contribution in [0.3, 0.4) is 0 Å². The summed E-state index contributed by atoms with van der Waals surface area (Å²) in [6.45, 7) is 17.5. The average Bonchev–Trinajstić information content (AvgIpc) is 2.56. The number of carbonyl (C=O) groups is 3. The maximum Gasteiger partial charge on any atom is 0.408 e. The smallest absolute Gasteiger partial charge is 0.408 e. The Morgan fingerprint density at radius 2 is 1.45 bits per heavy atom. The van der Waals surface area contributed by atoms with Crippen molar-refractivity contribution >= 4 is 18.0 Å². The summed E-state index contributed by atoms with van der Waals surface area (Å²) < 4.78 is 10.8. The molecule has 8 heteroatoms. The van der Waals surface area contributed by atoms with Gasteiger partial charge in [0.2, 0.25) is 5.91 Å². The molecule has 0 radical (unpaired) electrons. The highest BCUT2D eigenvalue weighted by atomic mass is 16.6. The van der Waals surface area contributed by atoms with Crippen molar-refractivity contribution in [2.45, 2.75) is 98.9 Å². The van der Waals surface area contributed by atoms with Crippen molar-refractivity contribution < 1.29 is 29.0 Å². The fourth-order valence-corrected chi connectivity index (χ4v) is 2.88. The quantitative estimate of drug-likeness (QED) is 0.373. The SMILES string of the molecule is C/C=C(\CO)[C@@H](C)[C@H](NC(=O)OC(C)(C)C)C(=O)N[C@@H](CC(C)C)C(=O)OC(C)(C)C. The Kier molecular flexibility index (Phi) is 11.3. The Morgan fingerprint density at radius 3 is 1.84 bits per heavy atom. The van der Waals surface area contributed by atoms with Gasteiger partial charge in [-0.05, 0) is 66.4 Å². The van der Waals surface area contributed by atoms with E-state index in [2.05, 4.69) is 10.6 Å². The number of nitrogens with one attached hydrogen (secondary N) is 2. The van der Waals surface area contributed by atoms with Crippen LogP contribution in [0, 0.1) is 11.8 Å². The monoisotopic (exact) mass is 442 g/mol. The van der Waals surface area contributed by atoms with E-state index in [1.54, 1.807) is 61.5 Å². The molecule has 31 heavy (non-hydrogen) atoms. The molecule has 0 saturated carbocycles. The average molecular weight is 443 g/mol. The van der Waals surface area contributed by atoms with Gasteiger partial charge in [0.1, 0.15) is 23.3 Å². The zero-order valence-electron chi connectivity index (χ0n) is 20.8. The van der Waals surface area contributed by atoms with Crippen LogP contribution in [0.5, 0.6) is 0 Å². The molecule has 3 N–H and O–H groups in total. The van der Waals surface area contributed by atoms with Gasteiger partial charge in [0.15, 0.2) is 0 Å². The normalized spacial score (nSPS) is 15.7. The van der Waals surface area contributed by atoms with Gasteiger partial charge >= 0.3 is 12.1 Å². The first-order valence-corrected chi connectivity index (χ1v) is 10.8. The van der Waals surface area contributed by atoms with Gasteiger partial charge in [0.05, 0.1) is 6.61 Å². The molecule has 0 heterocycles. The summed E-state index contributed by atoms with van der Waals surface area (Å²) in [6.07, 6.45) is 1.32. The summed E-state index contributed by atoms with van der Waals surface area (Å²) >= 11 is 0. The van der Waals surface area contributed by atoms with E-state index in [0.717, 1.165) is 0 Å². The number of allylic oxidation sites excluding steroid dienone is 1. The molecule has 2 amide bonds. The van der Waals surface area contributed by atoms with Gasteiger partial charge in [-0.15, -0.1) is 0 Å². The van der Waals surface area contributed by atoms with Crippen molar-refractivity contribution in [3.63, 3.8) is 0 Å². The number of ether oxygens (including phenoxy) is 2. The lowest BCUT2D eigenvalue weighted by Gasteiger charge is -2.30. The molecule has 0 aromatic heterocycles. The number of aliphatic hydroxyl groups excluding tert-OH is 1. The molecule has 0 bridgehead atoms. The van der Waals surface area contributed by atoms with Crippen molar-refractivity contribution in [3.05, 3.63) is 11.6 Å². The van der Waals surface area contributed by atoms with Gasteiger partial charge in [-0.2, -0.15) is 0 Å². The minimum absolute atomic E-state index is 0.121. The van der Waals surface area contributed by atoms with Crippen LogP contribution < -0.4 is 10.6 Å². The number of alkyl carbamates (subject to hydrolysis) is 1. The Bertz CT molecular complexity index is 643. The second kappa shape index (κ2) is 12.1. The highest BCUT2D eigenvalue weighted by Gasteiger charge is 2.34. The molecule has 0 aromatic carbocycles. The van der Waals surface area contributed by atoms with Gasteiger partial charge in [-0.25, -0.2) is 9.59 Å². The molecule has 8 nitrogen and oxygen atoms in total. The zero-order valence-corrected chi connectivity index (χ0v) is 20.8. The number of aliphatic hydroxyl groups is 1. The van der Waals surface area contributed by atoms with Crippen LogP contribution in [-0.4, -0.2) is 53.0 Å². The third kappa shape index (κ3) is 11.8. The standard InChI is InChI=1S/C23H42N2O6/c1-11-16(13-26)15(4)18(25-21(29)31-23(8,9)10)19(27)24-17(12-14(2)3)20(28)30-22(5,6)7/h11,14-15,17-18,26H,12-13H2,1-10H3,(H,24,27)(H,25,29)/b16-11+/t15-,17+,18+/m1/s1. The van der Waals surface area contributed by atoms with Crippen molar-refractivity contribution in [1.29, 1.82) is 0 Å². The van der Waals surface area contributed by atoms with Crippen LogP contribution in [0.4, 0.5) is 4.79 Å². The van der Waals surface area contributed by atoms with E-state index in [4.69, 9.17) is 9.47 Å². The molecule has 0 rings (SSSR count). The van der Waals surface area contributed by atoms with Crippen LogP contribution in [-0.2, 0) is 19.1 Å². The third-order valence-corrected chi connectivity index (χ3v) is 4.31. The summed E-state index contributed by atoms with van der Waals surface area (Å²) in [5.74, 6) is -1.49. The number of rotatable bonds is 9. The highest BCUT2D eigenvalue weighted by molar-refractivity contribution is 5.90. The number of amides is 2. The predicted octanol–water partition coefficient (Wildman–Crippen LogP) is 3.33. The zero-order chi connectivity index (χ0) is 24.6. The lowest BCUT2D eigenvalue weighted by Crippen LogP contribution is -2.56. The van der Waals surface area contributed by atoms with Crippen molar-refractivity contribution in [2.75, 3.05) is 6.61 Å². The largest absolute Gasteiger partial charge is 0.458 e. The number of hydrogen-bond donors (Lipinski definition) is 3. The molecule has 180 valence electrons. The van der Waals surface area contributed by atoms with E-state index in [1.165, 1.54) is 0 Å². The molecule has 0 spiro atoms. The number of carbonyl (C=O) groups excluding carboxylic acids is 3. The van der Waals surface area contributed by atoms with Crippen LogP contribution >= 0.6 is 0 Å². The van der Waals surface area contributed by atoms with E-state index in [9.17, 15) is 19.5 Å². The summed E-state index contributed by atoms with van der Waals surface area (Å²) in [5.41, 5.74) is -0.868. The molecular weight excluding hydrogens is 400 g/mol. The van der Waals surface area contributed by atoms with Gasteiger partial charge in [0.25, 0.3) is 0 Å². The van der Waals surface area contributed by atoms with Crippen molar-refractivity contribution in [1.82, 2.24) is 10.6 Å². The molecule has 0 aliphatic carbocycles. The maximum absolute atomic E-state index is 13.2. The molecule has 0 saturated heterocycles. The lowest BCUT2D eigenvalue weighted by atomic mass is 9.92. The van der Waals surface area contributed by atoms with Gasteiger partial charge in [-0.1, -0.05) is 26.8 Å². The van der Waals surface area contributed by atoms with Crippen LogP contribution in [0.15, 0.2) is 11.6 Å². The van der Waals surface area contributed by atoms with Crippen LogP contribution in [0.25, 0.3) is 0 Å². The lowest BCUT2D eigenvalue weighted by molar-refractivity contribution is -0.159. The second-order valence-corrected chi connectivity index (χ2v) is 10.2. The molecule has 0 unspecified atom stereocenters. The topological polar surface area (TPSA) is 114 Å². The minimum atomic E-state index is -1.05. The Hall–Kier alpha value is -2.09. The van der Waals surface area contributed by atoms with E-state index < -0.39 is 47.2 Å². The molecule has 0 aromatic rings. The van der Waals surface area contributed by atoms with Crippen LogP contribution in [0.1, 0.15) is 75.7 Å². The van der Waals surface area contributed by atoms with E-state index in [0.29, 0.717) is 12.0 Å². The summed E-state index contributed by atoms with van der Waals surface area (Å²) in [7, 11) is 0. The molecule has 3 atom stereocenters. The molecule has 0 aliphatic heterocycles. The molecule has 0 aliphatic rings. The summed E-state index contributed by atoms with van der Waals surface area (Å²) in [6, 6.07) is -1.92. The molecule has 0 fully saturated rings. The maximum atomic E-state index is 13.2. The number of hydrogen-bond acceptors (Lipinski definition) is 6. The number of esters is 1. The second-order valence-electron chi connectivity index (χ2n) is 10.2. The summed E-state index contributed by atoms with van der Waals surface area (Å²) in [5, 5.41) is 15.0. The van der Waals surface area contributed by atoms with Gasteiger partial charge in [-0.3, -0.25) is 4.79 Å². The predicted molar refractivity (Wildman–Crippen MR) is 120 cm³/mol. The fourth-order valence-electron chi connectivity index (χ4n) is 2.88. The summed E-state index contributed by atoms with van der Waals surface area (Å²) in [4.78, 5) is 38.2. The highest BCUT2D eigenvalue weighted by Crippen LogP contribution is 2.18. The Balaban J connectivity index is 5.76. The van der Waals surface area contributed by atoms with Gasteiger partial charge < -0.3 is 25.2 Å².